The second-order valence-electron chi connectivity index (χ2n) is 6.79. The van der Waals surface area contributed by atoms with Crippen LogP contribution >= 0.6 is 0 Å². The Balaban J connectivity index is 1.57. The van der Waals surface area contributed by atoms with Gasteiger partial charge in [0.15, 0.2) is 0 Å². The van der Waals surface area contributed by atoms with Crippen LogP contribution < -0.4 is 5.32 Å². The van der Waals surface area contributed by atoms with Gasteiger partial charge in [-0.15, -0.1) is 0 Å². The maximum atomic E-state index is 4.44. The minimum absolute atomic E-state index is 0.731. The van der Waals surface area contributed by atoms with Gasteiger partial charge in [0, 0.05) is 17.6 Å². The summed E-state index contributed by atoms with van der Waals surface area (Å²) in [5.74, 6) is 1.54. The minimum atomic E-state index is 0.731. The van der Waals surface area contributed by atoms with Gasteiger partial charge in [0.05, 0.1) is 5.52 Å². The van der Waals surface area contributed by atoms with E-state index in [0.717, 1.165) is 23.4 Å². The highest BCUT2D eigenvalue weighted by atomic mass is 14.9. The molecule has 2 saturated carbocycles. The molecule has 2 aliphatic carbocycles. The van der Waals surface area contributed by atoms with Crippen LogP contribution in [0, 0.1) is 5.92 Å². The van der Waals surface area contributed by atoms with Gasteiger partial charge in [0.25, 0.3) is 0 Å². The van der Waals surface area contributed by atoms with Crippen LogP contribution in [0.5, 0.6) is 0 Å². The van der Waals surface area contributed by atoms with Gasteiger partial charge in [0.1, 0.15) is 0 Å². The Morgan fingerprint density at radius 3 is 2.86 bits per heavy atom. The lowest BCUT2D eigenvalue weighted by molar-refractivity contribution is 0.295. The Hall–Kier alpha value is -1.41. The molecule has 1 aromatic heterocycles. The molecule has 0 amide bonds. The standard InChI is InChI=1S/C19H24N2/c1-2-6-18(16(4-1)13-21-17-8-9-17)14-7-10-19-15(12-14)5-3-11-20-19/h3,5,7,10-12,16-18,21H,1-2,4,6,8-9,13H2. The molecular weight excluding hydrogens is 256 g/mol. The van der Waals surface area contributed by atoms with E-state index in [0.29, 0.717) is 0 Å². The number of hydrogen-bond donors (Lipinski definition) is 1. The van der Waals surface area contributed by atoms with Gasteiger partial charge in [0.2, 0.25) is 0 Å². The highest BCUT2D eigenvalue weighted by molar-refractivity contribution is 5.79. The highest BCUT2D eigenvalue weighted by Gasteiger charge is 2.29. The predicted octanol–water partition coefficient (Wildman–Crippen LogP) is 4.26. The quantitative estimate of drug-likeness (QED) is 0.905. The Morgan fingerprint density at radius 2 is 1.95 bits per heavy atom. The fourth-order valence-electron chi connectivity index (χ4n) is 3.82. The largest absolute Gasteiger partial charge is 0.314 e. The number of nitrogens with zero attached hydrogens (tertiary/aromatic N) is 1. The van der Waals surface area contributed by atoms with Gasteiger partial charge >= 0.3 is 0 Å². The van der Waals surface area contributed by atoms with E-state index in [2.05, 4.69) is 34.6 Å². The molecule has 4 rings (SSSR count). The lowest BCUT2D eigenvalue weighted by atomic mass is 9.75. The molecule has 2 aromatic rings. The molecule has 0 spiro atoms. The van der Waals surface area contributed by atoms with Crippen molar-refractivity contribution in [3.63, 3.8) is 0 Å². The fourth-order valence-corrected chi connectivity index (χ4v) is 3.82. The molecule has 0 aliphatic heterocycles. The molecule has 1 aromatic carbocycles. The second kappa shape index (κ2) is 5.76. The molecule has 2 fully saturated rings. The van der Waals surface area contributed by atoms with Crippen LogP contribution in [-0.4, -0.2) is 17.6 Å². The van der Waals surface area contributed by atoms with Crippen molar-refractivity contribution in [1.29, 1.82) is 0 Å². The molecule has 1 N–H and O–H groups in total. The van der Waals surface area contributed by atoms with Crippen LogP contribution in [0.3, 0.4) is 0 Å². The average Bonchev–Trinajstić information content (AvgIpc) is 3.37. The van der Waals surface area contributed by atoms with E-state index in [1.165, 1.54) is 56.0 Å². The van der Waals surface area contributed by atoms with Crippen LogP contribution in [-0.2, 0) is 0 Å². The first kappa shape index (κ1) is 13.3. The third-order valence-corrected chi connectivity index (χ3v) is 5.21. The van der Waals surface area contributed by atoms with Crippen molar-refractivity contribution in [3.8, 4) is 0 Å². The summed E-state index contributed by atoms with van der Waals surface area (Å²) in [6.45, 7) is 1.21. The first-order valence-electron chi connectivity index (χ1n) is 8.48. The van der Waals surface area contributed by atoms with Crippen molar-refractivity contribution in [2.24, 2.45) is 5.92 Å². The number of pyridine rings is 1. The molecule has 21 heavy (non-hydrogen) atoms. The maximum absolute atomic E-state index is 4.44. The smallest absolute Gasteiger partial charge is 0.0702 e. The highest BCUT2D eigenvalue weighted by Crippen LogP contribution is 2.38. The first-order valence-corrected chi connectivity index (χ1v) is 8.48. The lowest BCUT2D eigenvalue weighted by Gasteiger charge is -2.32. The normalized spacial score (nSPS) is 26.1. The molecular formula is C19H24N2. The zero-order valence-corrected chi connectivity index (χ0v) is 12.6. The molecule has 2 heteroatoms. The monoisotopic (exact) mass is 280 g/mol. The van der Waals surface area contributed by atoms with E-state index < -0.39 is 0 Å². The second-order valence-corrected chi connectivity index (χ2v) is 6.79. The van der Waals surface area contributed by atoms with Crippen LogP contribution in [0.2, 0.25) is 0 Å². The molecule has 2 nitrogen and oxygen atoms in total. The molecule has 2 atom stereocenters. The average molecular weight is 280 g/mol. The van der Waals surface area contributed by atoms with Crippen LogP contribution in [0.4, 0.5) is 0 Å². The van der Waals surface area contributed by atoms with Gasteiger partial charge in [-0.3, -0.25) is 4.98 Å². The Morgan fingerprint density at radius 1 is 1.05 bits per heavy atom. The third kappa shape index (κ3) is 2.96. The SMILES string of the molecule is c1cnc2ccc(C3CCCCC3CNC3CC3)cc2c1. The van der Waals surface area contributed by atoms with Gasteiger partial charge in [-0.2, -0.15) is 0 Å². The Bertz CT molecular complexity index is 618. The summed E-state index contributed by atoms with van der Waals surface area (Å²) < 4.78 is 0. The van der Waals surface area contributed by atoms with Crippen LogP contribution in [0.15, 0.2) is 36.5 Å². The van der Waals surface area contributed by atoms with E-state index in [9.17, 15) is 0 Å². The van der Waals surface area contributed by atoms with Crippen molar-refractivity contribution < 1.29 is 0 Å². The van der Waals surface area contributed by atoms with Crippen molar-refractivity contribution in [2.75, 3.05) is 6.54 Å². The third-order valence-electron chi connectivity index (χ3n) is 5.21. The zero-order chi connectivity index (χ0) is 14.1. The number of aromatic nitrogens is 1. The molecule has 0 saturated heterocycles. The fraction of sp³-hybridized carbons (Fsp3) is 0.526. The van der Waals surface area contributed by atoms with Crippen molar-refractivity contribution in [2.45, 2.75) is 50.5 Å². The van der Waals surface area contributed by atoms with E-state index in [-0.39, 0.29) is 0 Å². The van der Waals surface area contributed by atoms with Crippen molar-refractivity contribution in [1.82, 2.24) is 10.3 Å². The zero-order valence-electron chi connectivity index (χ0n) is 12.6. The number of rotatable bonds is 4. The van der Waals surface area contributed by atoms with Crippen molar-refractivity contribution >= 4 is 10.9 Å². The topological polar surface area (TPSA) is 24.9 Å². The number of hydrogen-bond acceptors (Lipinski definition) is 2. The summed E-state index contributed by atoms with van der Waals surface area (Å²) >= 11 is 0. The summed E-state index contributed by atoms with van der Waals surface area (Å²) in [5, 5.41) is 5.04. The minimum Gasteiger partial charge on any atom is -0.314 e. The van der Waals surface area contributed by atoms with E-state index in [1.807, 2.05) is 12.3 Å². The Labute approximate surface area is 127 Å². The molecule has 0 bridgehead atoms. The molecule has 2 unspecified atom stereocenters. The van der Waals surface area contributed by atoms with Crippen LogP contribution in [0.25, 0.3) is 10.9 Å². The Kier molecular flexibility index (Phi) is 3.64. The summed E-state index contributed by atoms with van der Waals surface area (Å²) in [5.41, 5.74) is 2.64. The number of fused-ring (bicyclic) bond motifs is 1. The summed E-state index contributed by atoms with van der Waals surface area (Å²) in [6, 6.07) is 11.9. The lowest BCUT2D eigenvalue weighted by Crippen LogP contribution is -2.30. The number of benzene rings is 1. The first-order chi connectivity index (χ1) is 10.4. The summed E-state index contributed by atoms with van der Waals surface area (Å²) in [4.78, 5) is 4.44. The van der Waals surface area contributed by atoms with Gasteiger partial charge < -0.3 is 5.32 Å². The van der Waals surface area contributed by atoms with E-state index >= 15 is 0 Å². The molecule has 1 heterocycles. The van der Waals surface area contributed by atoms with Crippen molar-refractivity contribution in [3.05, 3.63) is 42.1 Å². The van der Waals surface area contributed by atoms with Crippen LogP contribution in [0.1, 0.15) is 50.0 Å². The maximum Gasteiger partial charge on any atom is 0.0702 e. The number of nitrogens with one attached hydrogen (secondary N) is 1. The molecule has 0 radical (unpaired) electrons. The summed E-state index contributed by atoms with van der Waals surface area (Å²) in [6.07, 6.45) is 10.2. The molecule has 110 valence electrons. The van der Waals surface area contributed by atoms with E-state index in [4.69, 9.17) is 0 Å². The van der Waals surface area contributed by atoms with E-state index in [1.54, 1.807) is 0 Å². The molecule has 2 aliphatic rings. The predicted molar refractivity (Wildman–Crippen MR) is 87.5 cm³/mol. The van der Waals surface area contributed by atoms with Gasteiger partial charge in [-0.1, -0.05) is 25.0 Å². The summed E-state index contributed by atoms with van der Waals surface area (Å²) in [7, 11) is 0. The van der Waals surface area contributed by atoms with Gasteiger partial charge in [-0.25, -0.2) is 0 Å². The van der Waals surface area contributed by atoms with Gasteiger partial charge in [-0.05, 0) is 67.8 Å².